The number of para-hydroxylation sites is 2. The van der Waals surface area contributed by atoms with E-state index in [-0.39, 0.29) is 23.8 Å². The topological polar surface area (TPSA) is 83.0 Å². The summed E-state index contributed by atoms with van der Waals surface area (Å²) in [4.78, 5) is 33.3. The van der Waals surface area contributed by atoms with Crippen LogP contribution in [0.3, 0.4) is 0 Å². The summed E-state index contributed by atoms with van der Waals surface area (Å²) >= 11 is 1.72. The van der Waals surface area contributed by atoms with Gasteiger partial charge in [-0.3, -0.25) is 9.59 Å². The molecule has 182 valence electrons. The number of aliphatic imine (C=N–C) groups is 1. The van der Waals surface area contributed by atoms with Gasteiger partial charge in [0.2, 0.25) is 5.91 Å². The van der Waals surface area contributed by atoms with Gasteiger partial charge in [0.05, 0.1) is 30.1 Å². The van der Waals surface area contributed by atoms with Crippen LogP contribution in [-0.4, -0.2) is 41.3 Å². The maximum Gasteiger partial charge on any atom is 0.255 e. The Kier molecular flexibility index (Phi) is 6.81. The molecule has 2 amide bonds. The van der Waals surface area contributed by atoms with E-state index in [2.05, 4.69) is 15.5 Å². The van der Waals surface area contributed by atoms with E-state index in [1.807, 2.05) is 55.5 Å². The van der Waals surface area contributed by atoms with Crippen molar-refractivity contribution in [2.45, 2.75) is 38.6 Å². The lowest BCUT2D eigenvalue weighted by molar-refractivity contribution is -0.122. The first-order valence-corrected chi connectivity index (χ1v) is 13.1. The van der Waals surface area contributed by atoms with E-state index in [0.717, 1.165) is 54.4 Å². The standard InChI is InChI=1S/C27H30N4O3S/c1-17-23(26(33)30-21-12-3-4-13-22(21)34-2)24(31-14-7-15-35-27(31)28-17)19-10-6-11-20(16-19)29-25(32)18-8-5-9-18/h3-4,6,10-13,16,18,24H,5,7-9,14-15H2,1-2H3,(H,29,32)(H,30,33). The van der Waals surface area contributed by atoms with Gasteiger partial charge in [-0.05, 0) is 56.0 Å². The van der Waals surface area contributed by atoms with Crippen molar-refractivity contribution in [1.29, 1.82) is 0 Å². The van der Waals surface area contributed by atoms with Crippen LogP contribution in [0, 0.1) is 5.92 Å². The quantitative estimate of drug-likeness (QED) is 0.582. The number of anilines is 2. The van der Waals surface area contributed by atoms with E-state index in [4.69, 9.17) is 9.73 Å². The van der Waals surface area contributed by atoms with Gasteiger partial charge in [0.15, 0.2) is 5.17 Å². The monoisotopic (exact) mass is 490 g/mol. The zero-order chi connectivity index (χ0) is 24.4. The molecule has 1 saturated carbocycles. The minimum atomic E-state index is -0.300. The van der Waals surface area contributed by atoms with E-state index in [9.17, 15) is 9.59 Å². The summed E-state index contributed by atoms with van der Waals surface area (Å²) in [5, 5.41) is 7.06. The van der Waals surface area contributed by atoms with E-state index < -0.39 is 0 Å². The molecule has 5 rings (SSSR count). The van der Waals surface area contributed by atoms with Crippen molar-refractivity contribution in [2.24, 2.45) is 10.9 Å². The summed E-state index contributed by atoms with van der Waals surface area (Å²) in [6, 6.07) is 14.9. The normalized spacial score (nSPS) is 19.9. The summed E-state index contributed by atoms with van der Waals surface area (Å²) in [7, 11) is 1.59. The van der Waals surface area contributed by atoms with Crippen LogP contribution in [0.15, 0.2) is 64.8 Å². The summed E-state index contributed by atoms with van der Waals surface area (Å²) < 4.78 is 5.43. The number of carbonyl (C=O) groups excluding carboxylic acids is 2. The molecule has 7 nitrogen and oxygen atoms in total. The van der Waals surface area contributed by atoms with Crippen LogP contribution < -0.4 is 15.4 Å². The molecule has 2 heterocycles. The Morgan fingerprint density at radius 1 is 1.09 bits per heavy atom. The van der Waals surface area contributed by atoms with Gasteiger partial charge in [-0.1, -0.05) is 42.4 Å². The highest BCUT2D eigenvalue weighted by atomic mass is 32.2. The molecule has 3 aliphatic rings. The second-order valence-corrected chi connectivity index (χ2v) is 10.2. The minimum Gasteiger partial charge on any atom is -0.495 e. The number of benzene rings is 2. The second kappa shape index (κ2) is 10.2. The van der Waals surface area contributed by atoms with E-state index >= 15 is 0 Å². The molecule has 0 spiro atoms. The Morgan fingerprint density at radius 3 is 2.69 bits per heavy atom. The van der Waals surface area contributed by atoms with Gasteiger partial charge in [-0.2, -0.15) is 0 Å². The van der Waals surface area contributed by atoms with Gasteiger partial charge in [-0.15, -0.1) is 0 Å². The lowest BCUT2D eigenvalue weighted by Crippen LogP contribution is -2.43. The van der Waals surface area contributed by atoms with Crippen molar-refractivity contribution < 1.29 is 14.3 Å². The molecule has 2 aromatic carbocycles. The fraction of sp³-hybridized carbons (Fsp3) is 0.370. The Hall–Kier alpha value is -3.26. The average molecular weight is 491 g/mol. The van der Waals surface area contributed by atoms with Crippen LogP contribution in [0.2, 0.25) is 0 Å². The van der Waals surface area contributed by atoms with E-state index in [0.29, 0.717) is 22.7 Å². The molecule has 35 heavy (non-hydrogen) atoms. The number of rotatable bonds is 6. The molecular formula is C27H30N4O3S. The number of amidine groups is 1. The van der Waals surface area contributed by atoms with Gasteiger partial charge in [0, 0.05) is 23.9 Å². The summed E-state index contributed by atoms with van der Waals surface area (Å²) in [5.74, 6) is 1.59. The van der Waals surface area contributed by atoms with Gasteiger partial charge >= 0.3 is 0 Å². The van der Waals surface area contributed by atoms with Crippen LogP contribution in [-0.2, 0) is 9.59 Å². The predicted octanol–water partition coefficient (Wildman–Crippen LogP) is 5.20. The lowest BCUT2D eigenvalue weighted by Gasteiger charge is -2.41. The highest BCUT2D eigenvalue weighted by Crippen LogP contribution is 2.41. The third kappa shape index (κ3) is 4.80. The molecule has 1 aliphatic carbocycles. The first kappa shape index (κ1) is 23.5. The van der Waals surface area contributed by atoms with Crippen molar-refractivity contribution in [1.82, 2.24) is 4.90 Å². The first-order valence-electron chi connectivity index (χ1n) is 12.1. The summed E-state index contributed by atoms with van der Waals surface area (Å²) in [6.07, 6.45) is 4.03. The maximum atomic E-state index is 13.7. The van der Waals surface area contributed by atoms with Gasteiger partial charge < -0.3 is 20.3 Å². The number of amides is 2. The zero-order valence-corrected chi connectivity index (χ0v) is 20.9. The maximum absolute atomic E-state index is 13.7. The Labute approximate surface area is 210 Å². The number of methoxy groups -OCH3 is 1. The number of fused-ring (bicyclic) bond motifs is 1. The molecule has 1 atom stereocenters. The van der Waals surface area contributed by atoms with Crippen molar-refractivity contribution in [2.75, 3.05) is 30.0 Å². The van der Waals surface area contributed by atoms with Gasteiger partial charge in [-0.25, -0.2) is 4.99 Å². The molecule has 2 fully saturated rings. The van der Waals surface area contributed by atoms with Crippen molar-refractivity contribution in [3.8, 4) is 5.75 Å². The molecular weight excluding hydrogens is 460 g/mol. The molecule has 2 aromatic rings. The summed E-state index contributed by atoms with van der Waals surface area (Å²) in [5.41, 5.74) is 3.63. The number of thioether (sulfide) groups is 1. The molecule has 0 radical (unpaired) electrons. The average Bonchev–Trinajstić information content (AvgIpc) is 2.82. The number of ether oxygens (including phenoxy) is 1. The molecule has 0 aromatic heterocycles. The predicted molar refractivity (Wildman–Crippen MR) is 141 cm³/mol. The lowest BCUT2D eigenvalue weighted by atomic mass is 9.85. The van der Waals surface area contributed by atoms with Gasteiger partial charge in [0.25, 0.3) is 5.91 Å². The van der Waals surface area contributed by atoms with Crippen molar-refractivity contribution in [3.05, 3.63) is 65.4 Å². The smallest absolute Gasteiger partial charge is 0.255 e. The first-order chi connectivity index (χ1) is 17.0. The van der Waals surface area contributed by atoms with Crippen LogP contribution in [0.5, 0.6) is 5.75 Å². The zero-order valence-electron chi connectivity index (χ0n) is 20.0. The van der Waals surface area contributed by atoms with Crippen LogP contribution in [0.25, 0.3) is 0 Å². The Balaban J connectivity index is 1.49. The second-order valence-electron chi connectivity index (χ2n) is 9.09. The third-order valence-electron chi connectivity index (χ3n) is 6.80. The highest BCUT2D eigenvalue weighted by molar-refractivity contribution is 8.13. The van der Waals surface area contributed by atoms with E-state index in [1.165, 1.54) is 0 Å². The molecule has 1 unspecified atom stereocenters. The SMILES string of the molecule is COc1ccccc1NC(=O)C1=C(C)N=C2SCCCN2C1c1cccc(NC(=O)C2CCC2)c1. The fourth-order valence-electron chi connectivity index (χ4n) is 4.74. The minimum absolute atomic E-state index is 0.0775. The van der Waals surface area contributed by atoms with Crippen LogP contribution >= 0.6 is 11.8 Å². The van der Waals surface area contributed by atoms with Crippen LogP contribution in [0.1, 0.15) is 44.2 Å². The van der Waals surface area contributed by atoms with Crippen molar-refractivity contribution >= 4 is 40.1 Å². The number of nitrogens with one attached hydrogen (secondary N) is 2. The Morgan fingerprint density at radius 2 is 1.91 bits per heavy atom. The van der Waals surface area contributed by atoms with Crippen molar-refractivity contribution in [3.63, 3.8) is 0 Å². The number of nitrogens with zero attached hydrogens (tertiary/aromatic N) is 2. The molecule has 8 heteroatoms. The Bertz CT molecular complexity index is 1200. The van der Waals surface area contributed by atoms with Gasteiger partial charge in [0.1, 0.15) is 5.75 Å². The number of hydrogen-bond acceptors (Lipinski definition) is 6. The molecule has 2 aliphatic heterocycles. The van der Waals surface area contributed by atoms with E-state index in [1.54, 1.807) is 18.9 Å². The number of carbonyl (C=O) groups is 2. The molecule has 1 saturated heterocycles. The molecule has 2 N–H and O–H groups in total. The number of hydrogen-bond donors (Lipinski definition) is 2. The number of allylic oxidation sites excluding steroid dienone is 1. The molecule has 0 bridgehead atoms. The largest absolute Gasteiger partial charge is 0.495 e. The van der Waals surface area contributed by atoms with Crippen LogP contribution in [0.4, 0.5) is 11.4 Å². The summed E-state index contributed by atoms with van der Waals surface area (Å²) in [6.45, 7) is 2.71. The third-order valence-corrected chi connectivity index (χ3v) is 7.88. The fourth-order valence-corrected chi connectivity index (χ4v) is 5.76. The highest BCUT2D eigenvalue weighted by Gasteiger charge is 2.37.